The molecule has 2 aromatic carbocycles. The van der Waals surface area contributed by atoms with Gasteiger partial charge in [0.05, 0.1) is 23.9 Å². The van der Waals surface area contributed by atoms with Crippen molar-refractivity contribution in [1.29, 1.82) is 0 Å². The first-order valence-electron chi connectivity index (χ1n) is 10.2. The van der Waals surface area contributed by atoms with Crippen LogP contribution in [-0.2, 0) is 23.0 Å². The van der Waals surface area contributed by atoms with Gasteiger partial charge >= 0.3 is 5.97 Å². The van der Waals surface area contributed by atoms with E-state index in [9.17, 15) is 9.59 Å². The number of aryl methyl sites for hydroxylation is 1. The van der Waals surface area contributed by atoms with Crippen LogP contribution in [0.1, 0.15) is 29.8 Å². The summed E-state index contributed by atoms with van der Waals surface area (Å²) in [6.45, 7) is 3.22. The number of nitrogens with zero attached hydrogens (tertiary/aromatic N) is 2. The highest BCUT2D eigenvalue weighted by atomic mass is 35.5. The van der Waals surface area contributed by atoms with Crippen LogP contribution in [0.3, 0.4) is 0 Å². The maximum atomic E-state index is 13.2. The summed E-state index contributed by atoms with van der Waals surface area (Å²) in [5.41, 5.74) is 3.26. The molecule has 0 unspecified atom stereocenters. The number of aromatic nitrogens is 2. The number of methoxy groups -OCH3 is 1. The number of rotatable bonds is 5. The Bertz CT molecular complexity index is 1250. The van der Waals surface area contributed by atoms with Crippen molar-refractivity contribution in [1.82, 2.24) is 9.55 Å². The molecule has 0 spiro atoms. The van der Waals surface area contributed by atoms with E-state index >= 15 is 0 Å². The molecule has 0 fully saturated rings. The number of fused-ring (bicyclic) bond motifs is 1. The molecule has 0 bridgehead atoms. The van der Waals surface area contributed by atoms with Crippen LogP contribution < -0.4 is 15.6 Å². The number of benzene rings is 2. The molecule has 0 aliphatic heterocycles. The van der Waals surface area contributed by atoms with Crippen LogP contribution in [0.4, 0.5) is 5.82 Å². The van der Waals surface area contributed by atoms with Crippen molar-refractivity contribution >= 4 is 23.4 Å². The third-order valence-electron chi connectivity index (χ3n) is 5.69. The van der Waals surface area contributed by atoms with E-state index in [0.717, 1.165) is 11.1 Å². The molecule has 1 aromatic heterocycles. The lowest BCUT2D eigenvalue weighted by molar-refractivity contribution is -0.146. The van der Waals surface area contributed by atoms with Crippen molar-refractivity contribution in [3.63, 3.8) is 0 Å². The van der Waals surface area contributed by atoms with Crippen LogP contribution >= 0.6 is 11.6 Å². The molecule has 7 nitrogen and oxygen atoms in total. The average molecular weight is 454 g/mol. The summed E-state index contributed by atoms with van der Waals surface area (Å²) in [5, 5.41) is 3.79. The number of nitrogens with one attached hydrogen (secondary N) is 1. The van der Waals surface area contributed by atoms with E-state index in [4.69, 9.17) is 21.1 Å². The molecule has 3 aromatic rings. The summed E-state index contributed by atoms with van der Waals surface area (Å²) in [6.07, 6.45) is 0.225. The molecule has 2 atom stereocenters. The third-order valence-corrected chi connectivity index (χ3v) is 6.00. The molecule has 8 heteroatoms. The number of carbonyl (C=O) groups is 1. The summed E-state index contributed by atoms with van der Waals surface area (Å²) in [6, 6.07) is 12.7. The Balaban J connectivity index is 1.74. The quantitative estimate of drug-likeness (QED) is 0.587. The monoisotopic (exact) mass is 453 g/mol. The molecule has 1 aliphatic carbocycles. The first-order chi connectivity index (χ1) is 15.3. The van der Waals surface area contributed by atoms with E-state index in [2.05, 4.69) is 10.3 Å². The molecule has 0 saturated carbocycles. The minimum absolute atomic E-state index is 0.256. The second-order valence-corrected chi connectivity index (χ2v) is 8.18. The number of halogens is 1. The van der Waals surface area contributed by atoms with Crippen LogP contribution in [0.15, 0.2) is 47.3 Å². The molecule has 4 rings (SSSR count). The number of anilines is 1. The van der Waals surface area contributed by atoms with E-state index in [0.29, 0.717) is 34.3 Å². The van der Waals surface area contributed by atoms with E-state index in [-0.39, 0.29) is 29.4 Å². The van der Waals surface area contributed by atoms with Gasteiger partial charge in [-0.25, -0.2) is 4.98 Å². The van der Waals surface area contributed by atoms with Gasteiger partial charge in [0, 0.05) is 26.0 Å². The standard InChI is InChI=1S/C24H24ClN3O4/c1-13-23(27-21-17-8-6-5-7-15(17)11-20(21)32-14(2)29)28(3)24(30)22(26-13)18-10-9-16(31-4)12-19(18)25/h5-10,12,20-21,27H,11H2,1-4H3/t20-,21+/m0/s1. The molecule has 32 heavy (non-hydrogen) atoms. The van der Waals surface area contributed by atoms with Crippen molar-refractivity contribution in [2.45, 2.75) is 32.4 Å². The molecule has 166 valence electrons. The van der Waals surface area contributed by atoms with Gasteiger partial charge in [0.2, 0.25) is 0 Å². The zero-order valence-corrected chi connectivity index (χ0v) is 19.1. The summed E-state index contributed by atoms with van der Waals surface area (Å²) in [5.74, 6) is 0.812. The Morgan fingerprint density at radius 1 is 1.25 bits per heavy atom. The van der Waals surface area contributed by atoms with Gasteiger partial charge in [-0.15, -0.1) is 0 Å². The van der Waals surface area contributed by atoms with Crippen molar-refractivity contribution in [3.05, 3.63) is 74.7 Å². The largest absolute Gasteiger partial charge is 0.497 e. The number of hydrogen-bond donors (Lipinski definition) is 1. The summed E-state index contributed by atoms with van der Waals surface area (Å²) in [7, 11) is 3.24. The number of carbonyl (C=O) groups excluding carboxylic acids is 1. The van der Waals surface area contributed by atoms with Crippen molar-refractivity contribution in [3.8, 4) is 17.0 Å². The molecule has 1 heterocycles. The fourth-order valence-electron chi connectivity index (χ4n) is 4.16. The Labute approximate surface area is 191 Å². The Kier molecular flexibility index (Phi) is 5.93. The van der Waals surface area contributed by atoms with Crippen LogP contribution in [0.25, 0.3) is 11.3 Å². The number of esters is 1. The predicted octanol–water partition coefficient (Wildman–Crippen LogP) is 4.06. The normalized spacial score (nSPS) is 17.0. The van der Waals surface area contributed by atoms with Crippen LogP contribution in [-0.4, -0.2) is 28.7 Å². The Morgan fingerprint density at radius 3 is 2.69 bits per heavy atom. The molecule has 0 radical (unpaired) electrons. The third kappa shape index (κ3) is 3.96. The highest BCUT2D eigenvalue weighted by Gasteiger charge is 2.35. The van der Waals surface area contributed by atoms with E-state index in [1.807, 2.05) is 31.2 Å². The smallest absolute Gasteiger partial charge is 0.302 e. The number of ether oxygens (including phenoxy) is 2. The summed E-state index contributed by atoms with van der Waals surface area (Å²) in [4.78, 5) is 29.5. The van der Waals surface area contributed by atoms with Gasteiger partial charge in [0.15, 0.2) is 0 Å². The summed E-state index contributed by atoms with van der Waals surface area (Å²) < 4.78 is 12.3. The van der Waals surface area contributed by atoms with Crippen LogP contribution in [0.2, 0.25) is 5.02 Å². The molecular formula is C24H24ClN3O4. The van der Waals surface area contributed by atoms with E-state index < -0.39 is 0 Å². The molecule has 1 aliphatic rings. The average Bonchev–Trinajstić information content (AvgIpc) is 3.10. The Morgan fingerprint density at radius 2 is 2.00 bits per heavy atom. The fraction of sp³-hybridized carbons (Fsp3) is 0.292. The maximum Gasteiger partial charge on any atom is 0.302 e. The SMILES string of the molecule is COc1ccc(-c2nc(C)c(N[C@@H]3c4ccccc4C[C@@H]3OC(C)=O)n(C)c2=O)c(Cl)c1. The van der Waals surface area contributed by atoms with Crippen molar-refractivity contribution in [2.75, 3.05) is 12.4 Å². The highest BCUT2D eigenvalue weighted by molar-refractivity contribution is 6.33. The molecular weight excluding hydrogens is 430 g/mol. The summed E-state index contributed by atoms with van der Waals surface area (Å²) >= 11 is 6.39. The van der Waals surface area contributed by atoms with Gasteiger partial charge in [-0.2, -0.15) is 0 Å². The van der Waals surface area contributed by atoms with E-state index in [1.165, 1.54) is 11.5 Å². The molecule has 0 saturated heterocycles. The highest BCUT2D eigenvalue weighted by Crippen LogP contribution is 2.37. The van der Waals surface area contributed by atoms with Gasteiger partial charge in [0.1, 0.15) is 23.4 Å². The van der Waals surface area contributed by atoms with Crippen molar-refractivity contribution in [2.24, 2.45) is 7.05 Å². The van der Waals surface area contributed by atoms with Gasteiger partial charge in [-0.1, -0.05) is 35.9 Å². The lowest BCUT2D eigenvalue weighted by Crippen LogP contribution is -2.31. The van der Waals surface area contributed by atoms with Gasteiger partial charge in [-0.3, -0.25) is 14.2 Å². The zero-order valence-electron chi connectivity index (χ0n) is 18.3. The zero-order chi connectivity index (χ0) is 23.0. The predicted molar refractivity (Wildman–Crippen MR) is 123 cm³/mol. The van der Waals surface area contributed by atoms with Gasteiger partial charge in [0.25, 0.3) is 5.56 Å². The van der Waals surface area contributed by atoms with Crippen LogP contribution in [0.5, 0.6) is 5.75 Å². The topological polar surface area (TPSA) is 82.4 Å². The first kappa shape index (κ1) is 21.9. The molecule has 0 amide bonds. The van der Waals surface area contributed by atoms with Gasteiger partial charge in [-0.05, 0) is 36.2 Å². The maximum absolute atomic E-state index is 13.2. The minimum Gasteiger partial charge on any atom is -0.497 e. The van der Waals surface area contributed by atoms with Crippen molar-refractivity contribution < 1.29 is 14.3 Å². The van der Waals surface area contributed by atoms with Crippen LogP contribution in [0, 0.1) is 6.92 Å². The second kappa shape index (κ2) is 8.67. The Hall–Kier alpha value is -3.32. The lowest BCUT2D eigenvalue weighted by Gasteiger charge is -2.25. The second-order valence-electron chi connectivity index (χ2n) is 7.78. The number of hydrogen-bond acceptors (Lipinski definition) is 6. The first-order valence-corrected chi connectivity index (χ1v) is 10.6. The lowest BCUT2D eigenvalue weighted by atomic mass is 10.1. The molecule has 1 N–H and O–H groups in total. The minimum atomic E-state index is -0.380. The van der Waals surface area contributed by atoms with Gasteiger partial charge < -0.3 is 14.8 Å². The fourth-order valence-corrected chi connectivity index (χ4v) is 4.42. The van der Waals surface area contributed by atoms with E-state index in [1.54, 1.807) is 32.4 Å².